The Kier molecular flexibility index (Phi) is 8.74. The van der Waals surface area contributed by atoms with Crippen LogP contribution < -0.4 is 5.32 Å². The molecule has 6 nitrogen and oxygen atoms in total. The number of benzene rings is 1. The number of hydrogen-bond donors (Lipinski definition) is 1. The number of piperazine rings is 1. The van der Waals surface area contributed by atoms with E-state index in [2.05, 4.69) is 12.2 Å². The summed E-state index contributed by atoms with van der Waals surface area (Å²) in [6.45, 7) is 5.67. The molecule has 1 amide bonds. The van der Waals surface area contributed by atoms with Crippen LogP contribution in [-0.2, 0) is 21.2 Å². The summed E-state index contributed by atoms with van der Waals surface area (Å²) in [6.07, 6.45) is 5.18. The summed E-state index contributed by atoms with van der Waals surface area (Å²) in [5, 5.41) is 3.34. The van der Waals surface area contributed by atoms with Gasteiger partial charge in [0, 0.05) is 45.2 Å². The zero-order chi connectivity index (χ0) is 19.3. The van der Waals surface area contributed by atoms with Crippen LogP contribution in [0.3, 0.4) is 0 Å². The fourth-order valence-electron chi connectivity index (χ4n) is 3.83. The zero-order valence-electron chi connectivity index (χ0n) is 16.6. The third-order valence-corrected chi connectivity index (χ3v) is 7.39. The highest BCUT2D eigenvalue weighted by atomic mass is 35.5. The molecule has 1 unspecified atom stereocenters. The Balaban J connectivity index is 0.00000280. The molecule has 0 saturated carbocycles. The number of halogens is 1. The Morgan fingerprint density at radius 3 is 2.32 bits per heavy atom. The van der Waals surface area contributed by atoms with Crippen LogP contribution in [0.1, 0.15) is 44.6 Å². The molecule has 2 aliphatic rings. The third kappa shape index (κ3) is 5.92. The maximum Gasteiger partial charge on any atom is 0.243 e. The summed E-state index contributed by atoms with van der Waals surface area (Å²) in [5.41, 5.74) is 1.00. The maximum absolute atomic E-state index is 12.8. The molecule has 2 heterocycles. The van der Waals surface area contributed by atoms with E-state index in [0.29, 0.717) is 36.9 Å². The van der Waals surface area contributed by atoms with Crippen molar-refractivity contribution in [3.8, 4) is 0 Å². The van der Waals surface area contributed by atoms with Crippen molar-refractivity contribution in [3.05, 3.63) is 29.8 Å². The first kappa shape index (κ1) is 23.1. The van der Waals surface area contributed by atoms with E-state index in [1.165, 1.54) is 0 Å². The van der Waals surface area contributed by atoms with Crippen LogP contribution in [0.15, 0.2) is 29.2 Å². The van der Waals surface area contributed by atoms with Crippen LogP contribution in [0.2, 0.25) is 0 Å². The van der Waals surface area contributed by atoms with Crippen LogP contribution in [0, 0.1) is 0 Å². The number of nitrogens with zero attached hydrogens (tertiary/aromatic N) is 2. The van der Waals surface area contributed by atoms with Crippen molar-refractivity contribution in [1.82, 2.24) is 14.5 Å². The average Bonchev–Trinajstić information content (AvgIpc) is 2.96. The quantitative estimate of drug-likeness (QED) is 0.780. The van der Waals surface area contributed by atoms with Crippen molar-refractivity contribution >= 4 is 28.3 Å². The van der Waals surface area contributed by atoms with Crippen LogP contribution in [0.4, 0.5) is 0 Å². The van der Waals surface area contributed by atoms with Gasteiger partial charge in [0.25, 0.3) is 0 Å². The molecule has 28 heavy (non-hydrogen) atoms. The van der Waals surface area contributed by atoms with Crippen molar-refractivity contribution in [2.45, 2.75) is 56.4 Å². The van der Waals surface area contributed by atoms with Crippen LogP contribution in [0.25, 0.3) is 0 Å². The van der Waals surface area contributed by atoms with E-state index in [0.717, 1.165) is 50.9 Å². The molecular formula is C20H32ClN3O3S. The van der Waals surface area contributed by atoms with Gasteiger partial charge in [-0.2, -0.15) is 4.31 Å². The summed E-state index contributed by atoms with van der Waals surface area (Å²) in [5.74, 6) is 0.171. The summed E-state index contributed by atoms with van der Waals surface area (Å²) in [4.78, 5) is 14.7. The van der Waals surface area contributed by atoms with Gasteiger partial charge < -0.3 is 10.2 Å². The topological polar surface area (TPSA) is 69.7 Å². The molecule has 3 rings (SSSR count). The van der Waals surface area contributed by atoms with E-state index in [9.17, 15) is 13.2 Å². The van der Waals surface area contributed by atoms with Crippen LogP contribution in [0.5, 0.6) is 0 Å². The Morgan fingerprint density at radius 2 is 1.71 bits per heavy atom. The zero-order valence-corrected chi connectivity index (χ0v) is 18.2. The number of hydrogen-bond acceptors (Lipinski definition) is 4. The Morgan fingerprint density at radius 1 is 1.07 bits per heavy atom. The predicted molar refractivity (Wildman–Crippen MR) is 113 cm³/mol. The fraction of sp³-hybridized carbons (Fsp3) is 0.650. The molecule has 158 valence electrons. The van der Waals surface area contributed by atoms with Gasteiger partial charge in [0.1, 0.15) is 0 Å². The van der Waals surface area contributed by atoms with E-state index in [4.69, 9.17) is 0 Å². The fourth-order valence-corrected chi connectivity index (χ4v) is 5.34. The largest absolute Gasteiger partial charge is 0.340 e. The second-order valence-electron chi connectivity index (χ2n) is 7.66. The molecule has 2 fully saturated rings. The van der Waals surface area contributed by atoms with E-state index in [-0.39, 0.29) is 18.3 Å². The van der Waals surface area contributed by atoms with E-state index >= 15 is 0 Å². The predicted octanol–water partition coefficient (Wildman–Crippen LogP) is 2.43. The third-order valence-electron chi connectivity index (χ3n) is 5.48. The van der Waals surface area contributed by atoms with E-state index < -0.39 is 10.0 Å². The smallest absolute Gasteiger partial charge is 0.243 e. The van der Waals surface area contributed by atoms with Gasteiger partial charge in [-0.3, -0.25) is 4.79 Å². The van der Waals surface area contributed by atoms with Crippen LogP contribution >= 0.6 is 12.4 Å². The van der Waals surface area contributed by atoms with Crippen molar-refractivity contribution < 1.29 is 13.2 Å². The summed E-state index contributed by atoms with van der Waals surface area (Å²) in [7, 11) is -3.41. The summed E-state index contributed by atoms with van der Waals surface area (Å²) >= 11 is 0. The highest BCUT2D eigenvalue weighted by Gasteiger charge is 2.25. The molecular weight excluding hydrogens is 398 g/mol. The number of aryl methyl sites for hydroxylation is 1. The second-order valence-corrected chi connectivity index (χ2v) is 9.60. The maximum atomic E-state index is 12.8. The summed E-state index contributed by atoms with van der Waals surface area (Å²) < 4.78 is 27.2. The average molecular weight is 430 g/mol. The Hall–Kier alpha value is -1.15. The van der Waals surface area contributed by atoms with Crippen molar-refractivity contribution in [3.63, 3.8) is 0 Å². The number of rotatable bonds is 5. The van der Waals surface area contributed by atoms with Crippen molar-refractivity contribution in [1.29, 1.82) is 0 Å². The van der Waals surface area contributed by atoms with Gasteiger partial charge in [-0.15, -0.1) is 12.4 Å². The SMILES string of the molecule is CC1CN(C(=O)CCc2ccc(S(=O)(=O)N3CCCCCC3)cc2)CCN1.Cl. The van der Waals surface area contributed by atoms with Crippen molar-refractivity contribution in [2.75, 3.05) is 32.7 Å². The van der Waals surface area contributed by atoms with Crippen molar-refractivity contribution in [2.24, 2.45) is 0 Å². The highest BCUT2D eigenvalue weighted by Crippen LogP contribution is 2.21. The minimum Gasteiger partial charge on any atom is -0.340 e. The molecule has 1 atom stereocenters. The molecule has 2 saturated heterocycles. The van der Waals surface area contributed by atoms with Crippen LogP contribution in [-0.4, -0.2) is 62.3 Å². The molecule has 0 aliphatic carbocycles. The lowest BCUT2D eigenvalue weighted by molar-refractivity contribution is -0.132. The number of carbonyl (C=O) groups excluding carboxylic acids is 1. The molecule has 0 aromatic heterocycles. The minimum atomic E-state index is -3.41. The molecule has 2 aliphatic heterocycles. The van der Waals surface area contributed by atoms with Gasteiger partial charge in [-0.25, -0.2) is 8.42 Å². The normalized spacial score (nSPS) is 21.6. The van der Waals surface area contributed by atoms with E-state index in [1.807, 2.05) is 17.0 Å². The highest BCUT2D eigenvalue weighted by molar-refractivity contribution is 7.89. The Labute approximate surface area is 175 Å². The number of carbonyl (C=O) groups is 1. The molecule has 8 heteroatoms. The first-order chi connectivity index (χ1) is 13.0. The number of amides is 1. The van der Waals surface area contributed by atoms with Gasteiger partial charge in [-0.05, 0) is 43.9 Å². The van der Waals surface area contributed by atoms with Gasteiger partial charge in [0.15, 0.2) is 0 Å². The minimum absolute atomic E-state index is 0. The number of nitrogens with one attached hydrogen (secondary N) is 1. The molecule has 0 radical (unpaired) electrons. The lowest BCUT2D eigenvalue weighted by atomic mass is 10.1. The molecule has 0 spiro atoms. The molecule has 0 bridgehead atoms. The Bertz CT molecular complexity index is 732. The molecule has 1 aromatic carbocycles. The van der Waals surface area contributed by atoms with Gasteiger partial charge >= 0.3 is 0 Å². The first-order valence-corrected chi connectivity index (χ1v) is 11.5. The first-order valence-electron chi connectivity index (χ1n) is 10.1. The second kappa shape index (κ2) is 10.6. The summed E-state index contributed by atoms with van der Waals surface area (Å²) in [6, 6.07) is 7.41. The lowest BCUT2D eigenvalue weighted by Gasteiger charge is -2.32. The van der Waals surface area contributed by atoms with Gasteiger partial charge in [-0.1, -0.05) is 25.0 Å². The number of sulfonamides is 1. The molecule has 1 N–H and O–H groups in total. The molecule has 1 aromatic rings. The van der Waals surface area contributed by atoms with E-state index in [1.54, 1.807) is 16.4 Å². The van der Waals surface area contributed by atoms with Gasteiger partial charge in [0.05, 0.1) is 4.90 Å². The lowest BCUT2D eigenvalue weighted by Crippen LogP contribution is -2.51. The standard InChI is InChI=1S/C20H31N3O3S.ClH/c1-17-16-22(15-12-21-17)20(24)11-8-18-6-9-19(10-7-18)27(25,26)23-13-4-2-3-5-14-23;/h6-7,9-10,17,21H,2-5,8,11-16H2,1H3;1H. The van der Waals surface area contributed by atoms with Gasteiger partial charge in [0.2, 0.25) is 15.9 Å². The monoisotopic (exact) mass is 429 g/mol.